The zero-order valence-corrected chi connectivity index (χ0v) is 11.7. The van der Waals surface area contributed by atoms with Crippen molar-refractivity contribution in [3.05, 3.63) is 35.9 Å². The number of nitrogens with two attached hydrogens (primary N) is 1. The van der Waals surface area contributed by atoms with Crippen molar-refractivity contribution in [1.82, 2.24) is 4.90 Å². The molecule has 1 aliphatic carbocycles. The molecule has 0 radical (unpaired) electrons. The predicted molar refractivity (Wildman–Crippen MR) is 78.2 cm³/mol. The molecule has 2 fully saturated rings. The minimum Gasteiger partial charge on any atom is -0.391 e. The Morgan fingerprint density at radius 3 is 2.45 bits per heavy atom. The molecule has 2 aliphatic rings. The molecule has 3 rings (SSSR count). The average molecular weight is 276 g/mol. The van der Waals surface area contributed by atoms with Gasteiger partial charge in [-0.2, -0.15) is 0 Å². The van der Waals surface area contributed by atoms with E-state index in [0.29, 0.717) is 13.0 Å². The van der Waals surface area contributed by atoms with Crippen LogP contribution in [0.3, 0.4) is 0 Å². The summed E-state index contributed by atoms with van der Waals surface area (Å²) in [6.45, 7) is 1.51. The van der Waals surface area contributed by atoms with Gasteiger partial charge >= 0.3 is 0 Å². The van der Waals surface area contributed by atoms with Crippen LogP contribution < -0.4 is 5.73 Å². The Balaban J connectivity index is 1.62. The SMILES string of the molecule is N[C@@H]1C[C@H](O)[C@@H](N2C[C@@H](Cc3ccccc3)[C@H](O)C2)C1. The second kappa shape index (κ2) is 5.82. The van der Waals surface area contributed by atoms with E-state index in [9.17, 15) is 10.2 Å². The summed E-state index contributed by atoms with van der Waals surface area (Å²) >= 11 is 0. The first kappa shape index (κ1) is 14.0. The van der Waals surface area contributed by atoms with Crippen LogP contribution in [0, 0.1) is 5.92 Å². The van der Waals surface area contributed by atoms with Crippen LogP contribution in [-0.4, -0.2) is 52.5 Å². The summed E-state index contributed by atoms with van der Waals surface area (Å²) in [6.07, 6.45) is 1.77. The van der Waals surface area contributed by atoms with E-state index in [-0.39, 0.29) is 30.2 Å². The third-order valence-electron chi connectivity index (χ3n) is 4.78. The van der Waals surface area contributed by atoms with Gasteiger partial charge in [-0.15, -0.1) is 0 Å². The molecule has 4 heteroatoms. The smallest absolute Gasteiger partial charge is 0.0710 e. The third-order valence-corrected chi connectivity index (χ3v) is 4.78. The summed E-state index contributed by atoms with van der Waals surface area (Å²) in [5.74, 6) is 0.251. The lowest BCUT2D eigenvalue weighted by atomic mass is 9.97. The van der Waals surface area contributed by atoms with Crippen LogP contribution >= 0.6 is 0 Å². The van der Waals surface area contributed by atoms with Crippen molar-refractivity contribution < 1.29 is 10.2 Å². The zero-order valence-electron chi connectivity index (χ0n) is 11.7. The van der Waals surface area contributed by atoms with Gasteiger partial charge in [0, 0.05) is 31.1 Å². The van der Waals surface area contributed by atoms with Crippen LogP contribution in [0.5, 0.6) is 0 Å². The second-order valence-electron chi connectivity index (χ2n) is 6.34. The monoisotopic (exact) mass is 276 g/mol. The molecular weight excluding hydrogens is 252 g/mol. The van der Waals surface area contributed by atoms with Gasteiger partial charge in [-0.3, -0.25) is 4.90 Å². The normalized spacial score (nSPS) is 38.5. The fourth-order valence-electron chi connectivity index (χ4n) is 3.70. The molecule has 20 heavy (non-hydrogen) atoms. The van der Waals surface area contributed by atoms with Crippen LogP contribution in [0.15, 0.2) is 30.3 Å². The summed E-state index contributed by atoms with van der Waals surface area (Å²) < 4.78 is 0. The first-order valence-corrected chi connectivity index (χ1v) is 7.53. The van der Waals surface area contributed by atoms with Crippen LogP contribution in [0.2, 0.25) is 0 Å². The van der Waals surface area contributed by atoms with Crippen LogP contribution in [0.4, 0.5) is 0 Å². The van der Waals surface area contributed by atoms with Gasteiger partial charge in [0.1, 0.15) is 0 Å². The molecule has 4 nitrogen and oxygen atoms in total. The molecule has 0 aromatic heterocycles. The Labute approximate surface area is 120 Å². The van der Waals surface area contributed by atoms with Crippen molar-refractivity contribution >= 4 is 0 Å². The van der Waals surface area contributed by atoms with Gasteiger partial charge in [0.05, 0.1) is 12.2 Å². The van der Waals surface area contributed by atoms with Crippen LogP contribution in [0.25, 0.3) is 0 Å². The third kappa shape index (κ3) is 2.88. The first-order valence-electron chi connectivity index (χ1n) is 7.53. The molecule has 5 atom stereocenters. The highest BCUT2D eigenvalue weighted by Crippen LogP contribution is 2.30. The number of rotatable bonds is 3. The molecule has 1 aromatic carbocycles. The minimum absolute atomic E-state index is 0.0975. The van der Waals surface area contributed by atoms with E-state index in [0.717, 1.165) is 19.4 Å². The summed E-state index contributed by atoms with van der Waals surface area (Å²) in [5.41, 5.74) is 7.19. The summed E-state index contributed by atoms with van der Waals surface area (Å²) in [4.78, 5) is 2.23. The van der Waals surface area contributed by atoms with Gasteiger partial charge in [0.15, 0.2) is 0 Å². The molecule has 0 spiro atoms. The maximum absolute atomic E-state index is 10.3. The number of nitrogens with zero attached hydrogens (tertiary/aromatic N) is 1. The van der Waals surface area contributed by atoms with Gasteiger partial charge in [-0.25, -0.2) is 0 Å². The topological polar surface area (TPSA) is 69.7 Å². The lowest BCUT2D eigenvalue weighted by Crippen LogP contribution is -2.39. The molecule has 1 aliphatic heterocycles. The maximum Gasteiger partial charge on any atom is 0.0710 e. The molecule has 0 unspecified atom stereocenters. The largest absolute Gasteiger partial charge is 0.391 e. The molecule has 1 saturated carbocycles. The van der Waals surface area contributed by atoms with Gasteiger partial charge in [-0.05, 0) is 24.8 Å². The van der Waals surface area contributed by atoms with Crippen molar-refractivity contribution in [2.45, 2.75) is 43.6 Å². The number of hydrogen-bond donors (Lipinski definition) is 3. The number of β-amino-alcohol motifs (C(OH)–C–C–N with tert-alkyl or cyclic N) is 1. The van der Waals surface area contributed by atoms with E-state index in [2.05, 4.69) is 17.0 Å². The molecule has 1 heterocycles. The van der Waals surface area contributed by atoms with Gasteiger partial charge in [0.25, 0.3) is 0 Å². The van der Waals surface area contributed by atoms with Crippen molar-refractivity contribution in [1.29, 1.82) is 0 Å². The highest BCUT2D eigenvalue weighted by atomic mass is 16.3. The van der Waals surface area contributed by atoms with Crippen LogP contribution in [0.1, 0.15) is 18.4 Å². The summed E-state index contributed by atoms with van der Waals surface area (Å²) in [6, 6.07) is 10.5. The molecule has 0 bridgehead atoms. The fourth-order valence-corrected chi connectivity index (χ4v) is 3.70. The summed E-state index contributed by atoms with van der Waals surface area (Å²) in [7, 11) is 0. The Kier molecular flexibility index (Phi) is 4.08. The average Bonchev–Trinajstić information content (AvgIpc) is 2.94. The molecule has 1 saturated heterocycles. The van der Waals surface area contributed by atoms with Gasteiger partial charge in [0.2, 0.25) is 0 Å². The highest BCUT2D eigenvalue weighted by Gasteiger charge is 2.41. The number of aliphatic hydroxyl groups excluding tert-OH is 2. The number of aliphatic hydroxyl groups is 2. The molecule has 0 amide bonds. The van der Waals surface area contributed by atoms with E-state index in [1.54, 1.807) is 0 Å². The lowest BCUT2D eigenvalue weighted by Gasteiger charge is -2.26. The molecule has 4 N–H and O–H groups in total. The molecule has 1 aromatic rings. The van der Waals surface area contributed by atoms with E-state index in [1.165, 1.54) is 5.56 Å². The Morgan fingerprint density at radius 1 is 1.05 bits per heavy atom. The summed E-state index contributed by atoms with van der Waals surface area (Å²) in [5, 5.41) is 20.4. The minimum atomic E-state index is -0.340. The quantitative estimate of drug-likeness (QED) is 0.746. The number of likely N-dealkylation sites (tertiary alicyclic amines) is 1. The first-order chi connectivity index (χ1) is 9.63. The highest BCUT2D eigenvalue weighted by molar-refractivity contribution is 5.16. The lowest BCUT2D eigenvalue weighted by molar-refractivity contribution is 0.0750. The Morgan fingerprint density at radius 2 is 1.80 bits per heavy atom. The fraction of sp³-hybridized carbons (Fsp3) is 0.625. The van der Waals surface area contributed by atoms with Crippen molar-refractivity contribution in [2.24, 2.45) is 11.7 Å². The van der Waals surface area contributed by atoms with Gasteiger partial charge < -0.3 is 15.9 Å². The van der Waals surface area contributed by atoms with Crippen LogP contribution in [-0.2, 0) is 6.42 Å². The van der Waals surface area contributed by atoms with Crippen molar-refractivity contribution in [3.63, 3.8) is 0 Å². The van der Waals surface area contributed by atoms with Crippen molar-refractivity contribution in [2.75, 3.05) is 13.1 Å². The van der Waals surface area contributed by atoms with E-state index >= 15 is 0 Å². The maximum atomic E-state index is 10.3. The number of hydrogen-bond acceptors (Lipinski definition) is 4. The second-order valence-corrected chi connectivity index (χ2v) is 6.34. The number of benzene rings is 1. The standard InChI is InChI=1S/C16H24N2O2/c17-13-7-14(15(19)8-13)18-9-12(16(20)10-18)6-11-4-2-1-3-5-11/h1-5,12-16,19-20H,6-10,17H2/t12-,13+,14+,15+,16-/m1/s1. The van der Waals surface area contributed by atoms with Gasteiger partial charge in [-0.1, -0.05) is 30.3 Å². The molecular formula is C16H24N2O2. The van der Waals surface area contributed by atoms with Crippen molar-refractivity contribution in [3.8, 4) is 0 Å². The van der Waals surface area contributed by atoms with E-state index in [4.69, 9.17) is 5.73 Å². The van der Waals surface area contributed by atoms with E-state index < -0.39 is 0 Å². The van der Waals surface area contributed by atoms with E-state index in [1.807, 2.05) is 18.2 Å². The Hall–Kier alpha value is -0.940. The predicted octanol–water partition coefficient (Wildman–Crippen LogP) is 0.372. The zero-order chi connectivity index (χ0) is 14.1. The molecule has 110 valence electrons. The Bertz CT molecular complexity index is 439.